The van der Waals surface area contributed by atoms with Gasteiger partial charge in [0.25, 0.3) is 0 Å². The maximum Gasteiger partial charge on any atom is 0.324 e. The molecule has 2 aliphatic heterocycles. The van der Waals surface area contributed by atoms with E-state index in [-0.39, 0.29) is 29.8 Å². The summed E-state index contributed by atoms with van der Waals surface area (Å²) in [7, 11) is 0. The molecule has 1 aromatic rings. The number of hydroxylamine groups is 4. The highest BCUT2D eigenvalue weighted by Gasteiger charge is 2.66. The number of ether oxygens (including phenoxy) is 2. The van der Waals surface area contributed by atoms with Gasteiger partial charge in [0.1, 0.15) is 12.4 Å². The molecule has 280 valence electrons. The lowest BCUT2D eigenvalue weighted by atomic mass is 9.54. The first-order valence-electron chi connectivity index (χ1n) is 18.3. The van der Waals surface area contributed by atoms with Gasteiger partial charge in [0.05, 0.1) is 6.61 Å². The highest BCUT2D eigenvalue weighted by atomic mass is 16.6. The van der Waals surface area contributed by atoms with E-state index in [0.29, 0.717) is 32.1 Å². The van der Waals surface area contributed by atoms with Gasteiger partial charge in [0.2, 0.25) is 0 Å². The topological polar surface area (TPSA) is 120 Å². The molecule has 9 nitrogen and oxygen atoms in total. The Kier molecular flexibility index (Phi) is 11.6. The van der Waals surface area contributed by atoms with Crippen molar-refractivity contribution in [2.75, 3.05) is 6.61 Å². The van der Waals surface area contributed by atoms with Crippen molar-refractivity contribution in [3.63, 3.8) is 0 Å². The fraction of sp³-hybridized carbons (Fsp3) is 0.800. The van der Waals surface area contributed by atoms with Gasteiger partial charge in [-0.05, 0) is 139 Å². The normalized spacial score (nSPS) is 22.1. The van der Waals surface area contributed by atoms with Crippen molar-refractivity contribution < 1.29 is 34.6 Å². The molecule has 0 aliphatic carbocycles. The molecular formula is C40H68N2O7. The Morgan fingerprint density at radius 2 is 1.06 bits per heavy atom. The van der Waals surface area contributed by atoms with E-state index >= 15 is 4.79 Å². The molecule has 2 fully saturated rings. The van der Waals surface area contributed by atoms with Crippen molar-refractivity contribution >= 4 is 11.9 Å². The predicted octanol–water partition coefficient (Wildman–Crippen LogP) is 8.68. The molecule has 9 heteroatoms. The Bertz CT molecular complexity index is 1250. The lowest BCUT2D eigenvalue weighted by molar-refractivity contribution is -0.276. The Morgan fingerprint density at radius 1 is 0.714 bits per heavy atom. The average Bonchev–Trinajstić information content (AvgIpc) is 2.92. The Balaban J connectivity index is 2.28. The van der Waals surface area contributed by atoms with E-state index in [0.717, 1.165) is 23.1 Å². The SMILES string of the molecule is CCCCOC(=O)C(C(=O)OCc1cc(C(C)(C)C)c(O)c(C(C)(C)C)c1)(C1CC(C)(C)N(O)C(C)(C)C1)C1CC(C)(C)N(O)C(C)(C)C1. The first-order chi connectivity index (χ1) is 22.1. The largest absolute Gasteiger partial charge is 0.507 e. The first kappa shape index (κ1) is 41.2. The number of nitrogens with zero attached hydrogens (tertiary/aromatic N) is 2. The number of esters is 2. The summed E-state index contributed by atoms with van der Waals surface area (Å²) in [5.74, 6) is -2.04. The number of rotatable bonds is 9. The highest BCUT2D eigenvalue weighted by Crippen LogP contribution is 2.57. The first-order valence-corrected chi connectivity index (χ1v) is 18.3. The van der Waals surface area contributed by atoms with Crippen LogP contribution in [0.3, 0.4) is 0 Å². The summed E-state index contributed by atoms with van der Waals surface area (Å²) in [5.41, 5.74) is -3.25. The van der Waals surface area contributed by atoms with Crippen LogP contribution in [0.2, 0.25) is 0 Å². The molecule has 0 amide bonds. The third-order valence-corrected chi connectivity index (χ3v) is 11.1. The second kappa shape index (κ2) is 13.7. The summed E-state index contributed by atoms with van der Waals surface area (Å²) in [5, 5.41) is 36.7. The minimum atomic E-state index is -1.71. The number of phenols is 1. The third-order valence-electron chi connectivity index (χ3n) is 11.1. The van der Waals surface area contributed by atoms with Crippen LogP contribution in [0.25, 0.3) is 0 Å². The zero-order valence-electron chi connectivity index (χ0n) is 33.3. The third kappa shape index (κ3) is 8.15. The summed E-state index contributed by atoms with van der Waals surface area (Å²) in [4.78, 5) is 30.1. The van der Waals surface area contributed by atoms with Crippen molar-refractivity contribution in [2.24, 2.45) is 17.3 Å². The van der Waals surface area contributed by atoms with Crippen LogP contribution in [0, 0.1) is 17.3 Å². The molecular weight excluding hydrogens is 620 g/mol. The van der Waals surface area contributed by atoms with Gasteiger partial charge < -0.3 is 25.0 Å². The van der Waals surface area contributed by atoms with Gasteiger partial charge in [-0.1, -0.05) is 54.9 Å². The predicted molar refractivity (Wildman–Crippen MR) is 193 cm³/mol. The van der Waals surface area contributed by atoms with Crippen molar-refractivity contribution in [2.45, 2.75) is 182 Å². The van der Waals surface area contributed by atoms with Gasteiger partial charge >= 0.3 is 11.9 Å². The summed E-state index contributed by atoms with van der Waals surface area (Å²) >= 11 is 0. The standard InChI is InChI=1S/C40H68N2O7/c1-16-17-18-48-32(44)40(27-21-36(8,9)41(46)37(10,11)22-27,28-23-38(12,13)42(47)39(14,15)24-28)33(45)49-25-26-19-29(34(2,3)4)31(43)30(20-26)35(5,6)7/h19-20,27-28,43,46-47H,16-18,21-25H2,1-15H3. The summed E-state index contributed by atoms with van der Waals surface area (Å²) < 4.78 is 12.4. The van der Waals surface area contributed by atoms with Crippen LogP contribution in [-0.2, 0) is 36.5 Å². The van der Waals surface area contributed by atoms with E-state index in [1.165, 1.54) is 10.1 Å². The number of aromatic hydroxyl groups is 1. The molecule has 0 saturated carbocycles. The van der Waals surface area contributed by atoms with Crippen LogP contribution < -0.4 is 0 Å². The summed E-state index contributed by atoms with van der Waals surface area (Å²) in [6.45, 7) is 29.8. The van der Waals surface area contributed by atoms with Gasteiger partial charge in [-0.3, -0.25) is 9.59 Å². The lowest BCUT2D eigenvalue weighted by Gasteiger charge is -2.59. The van der Waals surface area contributed by atoms with E-state index in [9.17, 15) is 20.3 Å². The average molecular weight is 689 g/mol. The fourth-order valence-corrected chi connectivity index (χ4v) is 8.89. The van der Waals surface area contributed by atoms with E-state index in [1.54, 1.807) is 0 Å². The van der Waals surface area contributed by atoms with Gasteiger partial charge in [-0.15, -0.1) is 0 Å². The second-order valence-corrected chi connectivity index (χ2v) is 19.6. The minimum Gasteiger partial charge on any atom is -0.507 e. The van der Waals surface area contributed by atoms with E-state index in [4.69, 9.17) is 9.47 Å². The van der Waals surface area contributed by atoms with Crippen LogP contribution in [0.5, 0.6) is 5.75 Å². The van der Waals surface area contributed by atoms with Gasteiger partial charge in [0.15, 0.2) is 5.41 Å². The molecule has 0 radical (unpaired) electrons. The lowest BCUT2D eigenvalue weighted by Crippen LogP contribution is -2.68. The van der Waals surface area contributed by atoms with Crippen LogP contribution in [0.15, 0.2) is 12.1 Å². The fourth-order valence-electron chi connectivity index (χ4n) is 8.89. The number of carbonyl (C=O) groups is 2. The van der Waals surface area contributed by atoms with Crippen LogP contribution in [0.1, 0.15) is 159 Å². The Hall–Kier alpha value is -2.20. The molecule has 2 heterocycles. The number of carbonyl (C=O) groups excluding carboxylic acids is 2. The molecule has 0 spiro atoms. The van der Waals surface area contributed by atoms with Crippen LogP contribution in [-0.4, -0.2) is 66.3 Å². The number of phenolic OH excluding ortho intramolecular Hbond substituents is 1. The van der Waals surface area contributed by atoms with Gasteiger partial charge in [0, 0.05) is 22.2 Å². The van der Waals surface area contributed by atoms with Crippen molar-refractivity contribution in [3.8, 4) is 5.75 Å². The monoisotopic (exact) mass is 689 g/mol. The number of benzene rings is 1. The molecule has 3 N–H and O–H groups in total. The number of unbranched alkanes of at least 4 members (excludes halogenated alkanes) is 1. The number of hydrogen-bond acceptors (Lipinski definition) is 9. The smallest absolute Gasteiger partial charge is 0.324 e. The Labute approximate surface area is 296 Å². The summed E-state index contributed by atoms with van der Waals surface area (Å²) in [6.07, 6.45) is 2.90. The zero-order chi connectivity index (χ0) is 37.8. The van der Waals surface area contributed by atoms with E-state index < -0.39 is 51.3 Å². The second-order valence-electron chi connectivity index (χ2n) is 19.6. The summed E-state index contributed by atoms with van der Waals surface area (Å²) in [6, 6.07) is 3.79. The van der Waals surface area contributed by atoms with Crippen molar-refractivity contribution in [1.82, 2.24) is 10.1 Å². The van der Waals surface area contributed by atoms with E-state index in [1.807, 2.05) is 116 Å². The molecule has 3 rings (SSSR count). The molecule has 2 aliphatic rings. The van der Waals surface area contributed by atoms with E-state index in [2.05, 4.69) is 0 Å². The maximum atomic E-state index is 15.2. The van der Waals surface area contributed by atoms with Gasteiger partial charge in [-0.2, -0.15) is 10.1 Å². The molecule has 0 unspecified atom stereocenters. The number of hydrogen-bond donors (Lipinski definition) is 3. The van der Waals surface area contributed by atoms with Crippen molar-refractivity contribution in [3.05, 3.63) is 28.8 Å². The minimum absolute atomic E-state index is 0.0907. The maximum absolute atomic E-state index is 15.2. The van der Waals surface area contributed by atoms with Gasteiger partial charge in [-0.25, -0.2) is 0 Å². The molecule has 0 atom stereocenters. The molecule has 1 aromatic carbocycles. The molecule has 0 bridgehead atoms. The molecule has 49 heavy (non-hydrogen) atoms. The Morgan fingerprint density at radius 3 is 1.39 bits per heavy atom. The van der Waals surface area contributed by atoms with Crippen LogP contribution in [0.4, 0.5) is 0 Å². The quantitative estimate of drug-likeness (QED) is 0.133. The zero-order valence-corrected chi connectivity index (χ0v) is 33.3. The van der Waals surface area contributed by atoms with Crippen LogP contribution >= 0.6 is 0 Å². The molecule has 2 saturated heterocycles. The van der Waals surface area contributed by atoms with Crippen molar-refractivity contribution in [1.29, 1.82) is 0 Å². The number of piperidine rings is 2. The highest BCUT2D eigenvalue weighted by molar-refractivity contribution is 6.01. The molecule has 0 aromatic heterocycles.